The van der Waals surface area contributed by atoms with Crippen LogP contribution < -0.4 is 5.73 Å². The summed E-state index contributed by atoms with van der Waals surface area (Å²) in [5.74, 6) is -1.32. The van der Waals surface area contributed by atoms with Crippen LogP contribution in [0, 0.1) is 0 Å². The average molecular weight is 436 g/mol. The van der Waals surface area contributed by atoms with E-state index in [2.05, 4.69) is 21.5 Å². The van der Waals surface area contributed by atoms with E-state index in [0.717, 1.165) is 29.4 Å². The maximum Gasteiger partial charge on any atom is 0.317 e. The van der Waals surface area contributed by atoms with Gasteiger partial charge >= 0.3 is 5.97 Å². The van der Waals surface area contributed by atoms with Crippen LogP contribution in [-0.2, 0) is 11.3 Å². The highest BCUT2D eigenvalue weighted by Gasteiger charge is 2.16. The van der Waals surface area contributed by atoms with Crippen molar-refractivity contribution in [2.24, 2.45) is 5.73 Å². The average Bonchev–Trinajstić information content (AvgIpc) is 3.08. The van der Waals surface area contributed by atoms with Gasteiger partial charge in [-0.2, -0.15) is 0 Å². The second kappa shape index (κ2) is 12.1. The zero-order valence-electron chi connectivity index (χ0n) is 17.7. The van der Waals surface area contributed by atoms with Crippen LogP contribution >= 0.6 is 12.4 Å². The summed E-state index contributed by atoms with van der Waals surface area (Å²) in [7, 11) is 3.43. The molecule has 30 heavy (non-hydrogen) atoms. The van der Waals surface area contributed by atoms with Gasteiger partial charge < -0.3 is 15.4 Å². The highest BCUT2D eigenvalue weighted by Crippen LogP contribution is 2.26. The maximum absolute atomic E-state index is 11.7. The third kappa shape index (κ3) is 6.67. The number of carboxylic acids is 1. The first-order valence-corrected chi connectivity index (χ1v) is 9.75. The number of carbonyl (C=O) groups excluding carboxylic acids is 1. The number of benzene rings is 1. The minimum atomic E-state index is -0.787. The highest BCUT2D eigenvalue weighted by molar-refractivity contribution is 6.11. The maximum atomic E-state index is 11.7. The summed E-state index contributed by atoms with van der Waals surface area (Å²) < 4.78 is 2.11. The standard InChI is InChI=1S/C17H20N4O.C4H9NO2.ClH/c1-2-3-4-7-10-21-11-19-14-15(17(18)22)20-13-9-6-5-8-12(13)16(14)21;1-5(2)3-4(6)7;/h5-6,8-9,11H,2-4,7,10H2,1H3,(H2,18,22);3H2,1-2H3,(H,6,7);1H. The SMILES string of the molecule is CCCCCCn1cnc2c(C(N)=O)nc3ccccc3c21.CN(C)CC(=O)O.Cl. The molecule has 1 aromatic carbocycles. The number of fused-ring (bicyclic) bond motifs is 3. The number of pyridine rings is 1. The van der Waals surface area contributed by atoms with E-state index in [1.54, 1.807) is 25.3 Å². The molecule has 0 atom stereocenters. The minimum absolute atomic E-state index is 0. The largest absolute Gasteiger partial charge is 0.480 e. The summed E-state index contributed by atoms with van der Waals surface area (Å²) >= 11 is 0. The number of hydrogen-bond acceptors (Lipinski definition) is 5. The zero-order valence-corrected chi connectivity index (χ0v) is 18.5. The predicted molar refractivity (Wildman–Crippen MR) is 121 cm³/mol. The zero-order chi connectivity index (χ0) is 21.4. The number of rotatable bonds is 8. The Morgan fingerprint density at radius 1 is 1.17 bits per heavy atom. The molecule has 9 heteroatoms. The van der Waals surface area contributed by atoms with Crippen molar-refractivity contribution in [3.63, 3.8) is 0 Å². The van der Waals surface area contributed by atoms with Crippen molar-refractivity contribution >= 4 is 46.2 Å². The molecule has 1 amide bonds. The molecule has 0 fully saturated rings. The number of aliphatic carboxylic acids is 1. The van der Waals surface area contributed by atoms with Crippen molar-refractivity contribution in [2.75, 3.05) is 20.6 Å². The van der Waals surface area contributed by atoms with Crippen LogP contribution in [0.2, 0.25) is 0 Å². The second-order valence-electron chi connectivity index (χ2n) is 7.17. The van der Waals surface area contributed by atoms with Crippen molar-refractivity contribution in [3.05, 3.63) is 36.3 Å². The normalized spacial score (nSPS) is 10.5. The molecule has 3 aromatic rings. The molecule has 8 nitrogen and oxygen atoms in total. The molecule has 0 aliphatic rings. The first-order valence-electron chi connectivity index (χ1n) is 9.75. The number of halogens is 1. The first-order chi connectivity index (χ1) is 13.8. The van der Waals surface area contributed by atoms with E-state index < -0.39 is 11.9 Å². The number of carbonyl (C=O) groups is 2. The number of carboxylic acid groups (broad SMARTS) is 1. The van der Waals surface area contributed by atoms with Gasteiger partial charge in [-0.05, 0) is 26.6 Å². The number of likely N-dealkylation sites (N-methyl/N-ethyl adjacent to an activating group) is 1. The van der Waals surface area contributed by atoms with Crippen molar-refractivity contribution in [1.29, 1.82) is 0 Å². The van der Waals surface area contributed by atoms with Gasteiger partial charge in [0.1, 0.15) is 5.52 Å². The molecule has 2 heterocycles. The highest BCUT2D eigenvalue weighted by atomic mass is 35.5. The number of imidazole rings is 1. The predicted octanol–water partition coefficient (Wildman–Crippen LogP) is 3.32. The lowest BCUT2D eigenvalue weighted by molar-refractivity contribution is -0.137. The molecule has 0 bridgehead atoms. The van der Waals surface area contributed by atoms with E-state index in [4.69, 9.17) is 10.8 Å². The summed E-state index contributed by atoms with van der Waals surface area (Å²) in [5.41, 5.74) is 8.05. The Kier molecular flexibility index (Phi) is 10.2. The minimum Gasteiger partial charge on any atom is -0.480 e. The summed E-state index contributed by atoms with van der Waals surface area (Å²) in [6.07, 6.45) is 6.53. The summed E-state index contributed by atoms with van der Waals surface area (Å²) in [4.78, 5) is 31.8. The molecule has 0 aliphatic carbocycles. The number of hydrogen-bond donors (Lipinski definition) is 2. The Labute approximate surface area is 182 Å². The fraction of sp³-hybridized carbons (Fsp3) is 0.429. The first kappa shape index (κ1) is 25.3. The number of amides is 1. The topological polar surface area (TPSA) is 114 Å². The van der Waals surface area contributed by atoms with Gasteiger partial charge in [0.25, 0.3) is 5.91 Å². The van der Waals surface area contributed by atoms with Crippen LogP contribution in [0.1, 0.15) is 43.1 Å². The molecule has 3 rings (SSSR count). The van der Waals surface area contributed by atoms with Gasteiger partial charge in [-0.1, -0.05) is 44.4 Å². The number of unbranched alkanes of at least 4 members (excludes halogenated alkanes) is 3. The summed E-state index contributed by atoms with van der Waals surface area (Å²) in [6.45, 7) is 3.20. The number of aryl methyl sites for hydroxylation is 1. The van der Waals surface area contributed by atoms with Crippen molar-refractivity contribution in [1.82, 2.24) is 19.4 Å². The number of nitrogens with zero attached hydrogens (tertiary/aromatic N) is 4. The molecular formula is C21H30ClN5O3. The van der Waals surface area contributed by atoms with Crippen LogP contribution in [0.4, 0.5) is 0 Å². The Bertz CT molecular complexity index is 987. The third-order valence-electron chi connectivity index (χ3n) is 4.39. The Hall–Kier alpha value is -2.71. The van der Waals surface area contributed by atoms with E-state index >= 15 is 0 Å². The van der Waals surface area contributed by atoms with Crippen molar-refractivity contribution in [2.45, 2.75) is 39.2 Å². The molecule has 3 N–H and O–H groups in total. The molecule has 2 aromatic heterocycles. The monoisotopic (exact) mass is 435 g/mol. The van der Waals surface area contributed by atoms with Gasteiger partial charge in [-0.25, -0.2) is 9.97 Å². The molecule has 0 spiro atoms. The van der Waals surface area contributed by atoms with Crippen LogP contribution in [0.15, 0.2) is 30.6 Å². The van der Waals surface area contributed by atoms with Crippen LogP contribution in [-0.4, -0.2) is 57.1 Å². The van der Waals surface area contributed by atoms with Gasteiger partial charge in [-0.3, -0.25) is 14.5 Å². The molecule has 0 saturated carbocycles. The third-order valence-corrected chi connectivity index (χ3v) is 4.39. The lowest BCUT2D eigenvalue weighted by Crippen LogP contribution is -2.20. The Balaban J connectivity index is 0.000000489. The van der Waals surface area contributed by atoms with E-state index in [1.807, 2.05) is 24.3 Å². The molecule has 164 valence electrons. The summed E-state index contributed by atoms with van der Waals surface area (Å²) in [6, 6.07) is 7.80. The van der Waals surface area contributed by atoms with Gasteiger partial charge in [0.15, 0.2) is 5.69 Å². The fourth-order valence-electron chi connectivity index (χ4n) is 3.10. The van der Waals surface area contributed by atoms with E-state index in [0.29, 0.717) is 5.52 Å². The van der Waals surface area contributed by atoms with Gasteiger partial charge in [0, 0.05) is 11.9 Å². The molecule has 0 radical (unpaired) electrons. The van der Waals surface area contributed by atoms with Crippen molar-refractivity contribution < 1.29 is 14.7 Å². The van der Waals surface area contributed by atoms with E-state index in [1.165, 1.54) is 19.3 Å². The molecule has 0 aliphatic heterocycles. The molecular weight excluding hydrogens is 406 g/mol. The van der Waals surface area contributed by atoms with Gasteiger partial charge in [0.05, 0.1) is 23.9 Å². The summed E-state index contributed by atoms with van der Waals surface area (Å²) in [5, 5.41) is 9.05. The van der Waals surface area contributed by atoms with Crippen LogP contribution in [0.3, 0.4) is 0 Å². The van der Waals surface area contributed by atoms with Gasteiger partial charge in [-0.15, -0.1) is 12.4 Å². The lowest BCUT2D eigenvalue weighted by Gasteiger charge is -2.08. The number of nitrogens with two attached hydrogens (primary N) is 1. The number of para-hydroxylation sites is 1. The number of primary amides is 1. The Morgan fingerprint density at radius 2 is 1.87 bits per heavy atom. The van der Waals surface area contributed by atoms with Crippen LogP contribution in [0.5, 0.6) is 0 Å². The fourth-order valence-corrected chi connectivity index (χ4v) is 3.10. The molecule has 0 saturated heterocycles. The van der Waals surface area contributed by atoms with Gasteiger partial charge in [0.2, 0.25) is 0 Å². The number of aromatic nitrogens is 3. The quantitative estimate of drug-likeness (QED) is 0.524. The second-order valence-corrected chi connectivity index (χ2v) is 7.17. The smallest absolute Gasteiger partial charge is 0.317 e. The molecule has 0 unspecified atom stereocenters. The van der Waals surface area contributed by atoms with Crippen LogP contribution in [0.25, 0.3) is 21.9 Å². The van der Waals surface area contributed by atoms with E-state index in [-0.39, 0.29) is 24.6 Å². The van der Waals surface area contributed by atoms with E-state index in [9.17, 15) is 9.59 Å². The Morgan fingerprint density at radius 3 is 2.43 bits per heavy atom. The van der Waals surface area contributed by atoms with Crippen molar-refractivity contribution in [3.8, 4) is 0 Å². The lowest BCUT2D eigenvalue weighted by atomic mass is 10.1.